The maximum atomic E-state index is 5.20. The molecule has 20 heavy (non-hydrogen) atoms. The van der Waals surface area contributed by atoms with Crippen LogP contribution >= 0.6 is 0 Å². The fourth-order valence-corrected chi connectivity index (χ4v) is 2.83. The van der Waals surface area contributed by atoms with Gasteiger partial charge in [0.25, 0.3) is 0 Å². The molecule has 1 aromatic heterocycles. The van der Waals surface area contributed by atoms with E-state index < -0.39 is 0 Å². The maximum Gasteiger partial charge on any atom is 0.118 e. The van der Waals surface area contributed by atoms with Crippen LogP contribution in [0.5, 0.6) is 5.75 Å². The zero-order valence-corrected chi connectivity index (χ0v) is 11.9. The number of nitrogens with one attached hydrogen (secondary N) is 1. The second-order valence-electron chi connectivity index (χ2n) is 5.34. The van der Waals surface area contributed by atoms with Crippen molar-refractivity contribution in [2.24, 2.45) is 0 Å². The number of aromatic nitrogens is 2. The molecule has 0 amide bonds. The van der Waals surface area contributed by atoms with Crippen LogP contribution in [0.15, 0.2) is 36.8 Å². The van der Waals surface area contributed by atoms with E-state index in [2.05, 4.69) is 27.0 Å². The molecule has 3 rings (SSSR count). The number of ether oxygens (including phenoxy) is 1. The van der Waals surface area contributed by atoms with Gasteiger partial charge in [0.05, 0.1) is 13.4 Å². The highest BCUT2D eigenvalue weighted by atomic mass is 16.5. The summed E-state index contributed by atoms with van der Waals surface area (Å²) in [6.07, 6.45) is 6.45. The Balaban J connectivity index is 1.75. The summed E-state index contributed by atoms with van der Waals surface area (Å²) in [5.74, 6) is 1.49. The number of methoxy groups -OCH3 is 1. The first kappa shape index (κ1) is 13.2. The Bertz CT molecular complexity index is 541. The molecule has 1 unspecified atom stereocenters. The van der Waals surface area contributed by atoms with E-state index in [1.165, 1.54) is 24.1 Å². The third-order valence-corrected chi connectivity index (χ3v) is 3.97. The SMILES string of the molecule is COc1ccc(Cn2cncc2C2CCCNC2)cc1. The van der Waals surface area contributed by atoms with E-state index in [-0.39, 0.29) is 0 Å². The van der Waals surface area contributed by atoms with Gasteiger partial charge in [-0.1, -0.05) is 12.1 Å². The largest absolute Gasteiger partial charge is 0.497 e. The number of hydrogen-bond acceptors (Lipinski definition) is 3. The Kier molecular flexibility index (Phi) is 4.02. The molecule has 1 saturated heterocycles. The molecule has 0 bridgehead atoms. The second kappa shape index (κ2) is 6.09. The number of imidazole rings is 1. The van der Waals surface area contributed by atoms with Crippen molar-refractivity contribution in [3.05, 3.63) is 48.0 Å². The number of nitrogens with zero attached hydrogens (tertiary/aromatic N) is 2. The van der Waals surface area contributed by atoms with E-state index in [0.29, 0.717) is 5.92 Å². The molecule has 106 valence electrons. The molecule has 1 aliphatic heterocycles. The van der Waals surface area contributed by atoms with Crippen LogP contribution in [0.2, 0.25) is 0 Å². The highest BCUT2D eigenvalue weighted by Gasteiger charge is 2.18. The third kappa shape index (κ3) is 2.85. The maximum absolute atomic E-state index is 5.20. The lowest BCUT2D eigenvalue weighted by Gasteiger charge is -2.23. The van der Waals surface area contributed by atoms with E-state index >= 15 is 0 Å². The van der Waals surface area contributed by atoms with E-state index in [9.17, 15) is 0 Å². The van der Waals surface area contributed by atoms with Gasteiger partial charge < -0.3 is 14.6 Å². The van der Waals surface area contributed by atoms with Crippen molar-refractivity contribution >= 4 is 0 Å². The molecule has 0 spiro atoms. The Hall–Kier alpha value is -1.81. The van der Waals surface area contributed by atoms with Crippen LogP contribution in [-0.2, 0) is 6.54 Å². The first-order valence-electron chi connectivity index (χ1n) is 7.20. The van der Waals surface area contributed by atoms with Gasteiger partial charge in [-0.05, 0) is 37.1 Å². The molecule has 4 nitrogen and oxygen atoms in total. The van der Waals surface area contributed by atoms with Gasteiger partial charge >= 0.3 is 0 Å². The van der Waals surface area contributed by atoms with Gasteiger partial charge in [0.2, 0.25) is 0 Å². The van der Waals surface area contributed by atoms with Crippen LogP contribution in [0, 0.1) is 0 Å². The minimum Gasteiger partial charge on any atom is -0.497 e. The zero-order valence-electron chi connectivity index (χ0n) is 11.9. The molecule has 0 radical (unpaired) electrons. The minimum absolute atomic E-state index is 0.587. The summed E-state index contributed by atoms with van der Waals surface area (Å²) in [4.78, 5) is 4.34. The van der Waals surface area contributed by atoms with Crippen molar-refractivity contribution in [3.8, 4) is 5.75 Å². The Morgan fingerprint density at radius 3 is 2.90 bits per heavy atom. The van der Waals surface area contributed by atoms with Gasteiger partial charge in [0, 0.05) is 30.9 Å². The summed E-state index contributed by atoms with van der Waals surface area (Å²) >= 11 is 0. The zero-order chi connectivity index (χ0) is 13.8. The molecule has 0 saturated carbocycles. The highest BCUT2D eigenvalue weighted by Crippen LogP contribution is 2.23. The normalized spacial score (nSPS) is 18.9. The summed E-state index contributed by atoms with van der Waals surface area (Å²) in [6.45, 7) is 3.08. The Labute approximate surface area is 119 Å². The standard InChI is InChI=1S/C16H21N3O/c1-20-15-6-4-13(5-7-15)11-19-12-18-10-16(19)14-3-2-8-17-9-14/h4-7,10,12,14,17H,2-3,8-9,11H2,1H3. The van der Waals surface area contributed by atoms with Crippen LogP contribution in [-0.4, -0.2) is 29.8 Å². The second-order valence-corrected chi connectivity index (χ2v) is 5.34. The molecule has 4 heteroatoms. The number of hydrogen-bond donors (Lipinski definition) is 1. The summed E-state index contributed by atoms with van der Waals surface area (Å²) in [5.41, 5.74) is 2.61. The topological polar surface area (TPSA) is 39.1 Å². The Morgan fingerprint density at radius 1 is 1.35 bits per heavy atom. The summed E-state index contributed by atoms with van der Waals surface area (Å²) in [6, 6.07) is 8.24. The number of rotatable bonds is 4. The summed E-state index contributed by atoms with van der Waals surface area (Å²) in [5, 5.41) is 3.47. The molecule has 1 aromatic carbocycles. The summed E-state index contributed by atoms with van der Waals surface area (Å²) < 4.78 is 7.46. The third-order valence-electron chi connectivity index (χ3n) is 3.97. The van der Waals surface area contributed by atoms with Gasteiger partial charge in [0.15, 0.2) is 0 Å². The lowest BCUT2D eigenvalue weighted by molar-refractivity contribution is 0.414. The molecule has 1 N–H and O–H groups in total. The first-order chi connectivity index (χ1) is 9.86. The number of benzene rings is 1. The number of piperidine rings is 1. The van der Waals surface area contributed by atoms with Crippen LogP contribution in [0.1, 0.15) is 30.0 Å². The van der Waals surface area contributed by atoms with Gasteiger partial charge in [-0.15, -0.1) is 0 Å². The van der Waals surface area contributed by atoms with Gasteiger partial charge in [-0.25, -0.2) is 4.98 Å². The van der Waals surface area contributed by atoms with Gasteiger partial charge in [-0.2, -0.15) is 0 Å². The lowest BCUT2D eigenvalue weighted by Crippen LogP contribution is -2.29. The molecular formula is C16H21N3O. The average Bonchev–Trinajstić information content (AvgIpc) is 2.97. The van der Waals surface area contributed by atoms with Crippen LogP contribution in [0.4, 0.5) is 0 Å². The first-order valence-corrected chi connectivity index (χ1v) is 7.20. The molecule has 1 atom stereocenters. The molecule has 2 heterocycles. The highest BCUT2D eigenvalue weighted by molar-refractivity contribution is 5.27. The van der Waals surface area contributed by atoms with Crippen molar-refractivity contribution in [2.45, 2.75) is 25.3 Å². The minimum atomic E-state index is 0.587. The molecule has 1 fully saturated rings. The van der Waals surface area contributed by atoms with E-state index in [1.54, 1.807) is 7.11 Å². The van der Waals surface area contributed by atoms with E-state index in [4.69, 9.17) is 4.74 Å². The van der Waals surface area contributed by atoms with Crippen molar-refractivity contribution in [1.29, 1.82) is 0 Å². The molecule has 2 aromatic rings. The quantitative estimate of drug-likeness (QED) is 0.928. The molecule has 0 aliphatic carbocycles. The van der Waals surface area contributed by atoms with Crippen molar-refractivity contribution in [1.82, 2.24) is 14.9 Å². The van der Waals surface area contributed by atoms with Crippen molar-refractivity contribution < 1.29 is 4.74 Å². The van der Waals surface area contributed by atoms with Gasteiger partial charge in [-0.3, -0.25) is 0 Å². The fraction of sp³-hybridized carbons (Fsp3) is 0.438. The predicted molar refractivity (Wildman–Crippen MR) is 79.2 cm³/mol. The smallest absolute Gasteiger partial charge is 0.118 e. The summed E-state index contributed by atoms with van der Waals surface area (Å²) in [7, 11) is 1.69. The molecular weight excluding hydrogens is 250 g/mol. The fourth-order valence-electron chi connectivity index (χ4n) is 2.83. The van der Waals surface area contributed by atoms with Crippen molar-refractivity contribution in [2.75, 3.05) is 20.2 Å². The monoisotopic (exact) mass is 271 g/mol. The van der Waals surface area contributed by atoms with E-state index in [0.717, 1.165) is 25.4 Å². The van der Waals surface area contributed by atoms with Crippen LogP contribution in [0.25, 0.3) is 0 Å². The van der Waals surface area contributed by atoms with Crippen LogP contribution < -0.4 is 10.1 Å². The average molecular weight is 271 g/mol. The van der Waals surface area contributed by atoms with Gasteiger partial charge in [0.1, 0.15) is 5.75 Å². The lowest BCUT2D eigenvalue weighted by atomic mass is 9.96. The predicted octanol–water partition coefficient (Wildman–Crippen LogP) is 2.41. The van der Waals surface area contributed by atoms with Crippen molar-refractivity contribution in [3.63, 3.8) is 0 Å². The molecule has 1 aliphatic rings. The van der Waals surface area contributed by atoms with Crippen LogP contribution in [0.3, 0.4) is 0 Å². The van der Waals surface area contributed by atoms with E-state index in [1.807, 2.05) is 24.7 Å². The Morgan fingerprint density at radius 2 is 2.20 bits per heavy atom.